The highest BCUT2D eigenvalue weighted by Gasteiger charge is 2.74. The number of rotatable bonds is 5. The third-order valence-electron chi connectivity index (χ3n) is 7.95. The summed E-state index contributed by atoms with van der Waals surface area (Å²) in [4.78, 5) is 45.0. The number of para-hydroxylation sites is 1. The number of carbonyl (C=O) groups excluding carboxylic acids is 3. The highest BCUT2D eigenvalue weighted by Crippen LogP contribution is 2.57. The number of anilines is 1. The Morgan fingerprint density at radius 3 is 2.65 bits per heavy atom. The van der Waals surface area contributed by atoms with Gasteiger partial charge < -0.3 is 24.4 Å². The fourth-order valence-corrected chi connectivity index (χ4v) is 6.56. The van der Waals surface area contributed by atoms with Gasteiger partial charge in [0, 0.05) is 19.7 Å². The van der Waals surface area contributed by atoms with Crippen LogP contribution in [0, 0.1) is 11.8 Å². The van der Waals surface area contributed by atoms with Crippen molar-refractivity contribution in [2.45, 2.75) is 56.3 Å². The summed E-state index contributed by atoms with van der Waals surface area (Å²) in [5, 5.41) is 9.77. The molecule has 1 spiro atoms. The van der Waals surface area contributed by atoms with Crippen LogP contribution in [0.1, 0.15) is 39.0 Å². The Bertz CT molecular complexity index is 1140. The van der Waals surface area contributed by atoms with E-state index in [1.54, 1.807) is 36.1 Å². The molecule has 0 aromatic heterocycles. The molecule has 1 unspecified atom stereocenters. The van der Waals surface area contributed by atoms with E-state index in [1.807, 2.05) is 24.3 Å². The van der Waals surface area contributed by atoms with Crippen LogP contribution in [0.25, 0.3) is 0 Å². The van der Waals surface area contributed by atoms with Crippen LogP contribution in [0.2, 0.25) is 5.02 Å². The largest absolute Gasteiger partial charge is 0.465 e. The monoisotopic (exact) mass is 528 g/mol. The molecule has 2 fully saturated rings. The van der Waals surface area contributed by atoms with Crippen molar-refractivity contribution in [1.82, 2.24) is 4.90 Å². The molecule has 198 valence electrons. The topological polar surface area (TPSA) is 96.4 Å². The zero-order valence-electron chi connectivity index (χ0n) is 21.0. The predicted octanol–water partition coefficient (Wildman–Crippen LogP) is 3.27. The number of cyclic esters (lactones) is 1. The molecule has 9 heteroatoms. The summed E-state index contributed by atoms with van der Waals surface area (Å²) in [6.45, 7) is 2.58. The number of nitrogens with zero attached hydrogens (tertiary/aromatic N) is 2. The molecule has 1 aromatic carbocycles. The molecule has 8 nitrogen and oxygen atoms in total. The molecule has 4 heterocycles. The number of hydrogen-bond donors (Lipinski definition) is 1. The van der Waals surface area contributed by atoms with E-state index in [9.17, 15) is 19.5 Å². The summed E-state index contributed by atoms with van der Waals surface area (Å²) >= 11 is 6.48. The van der Waals surface area contributed by atoms with Gasteiger partial charge in [0.1, 0.15) is 17.6 Å². The molecule has 0 radical (unpaired) electrons. The van der Waals surface area contributed by atoms with E-state index in [4.69, 9.17) is 21.1 Å². The van der Waals surface area contributed by atoms with Crippen molar-refractivity contribution in [3.05, 3.63) is 53.6 Å². The number of benzene rings is 1. The maximum absolute atomic E-state index is 14.3. The van der Waals surface area contributed by atoms with E-state index in [0.29, 0.717) is 23.6 Å². The molecule has 5 rings (SSSR count). The SMILES string of the molecule is C[C@]12/C=C\CCCCOC(=O)[C@H]1[C@H]1C(=O)N(CCCCO)C3C(=O)N(c4ccccc4Cl)CC=C[C@@]31O2. The Morgan fingerprint density at radius 2 is 1.86 bits per heavy atom. The highest BCUT2D eigenvalue weighted by molar-refractivity contribution is 6.34. The molecule has 4 aliphatic heterocycles. The van der Waals surface area contributed by atoms with Crippen LogP contribution in [0.5, 0.6) is 0 Å². The molecule has 0 saturated carbocycles. The number of fused-ring (bicyclic) bond motifs is 2. The second-order valence-corrected chi connectivity index (χ2v) is 10.7. The fourth-order valence-electron chi connectivity index (χ4n) is 6.32. The van der Waals surface area contributed by atoms with E-state index >= 15 is 0 Å². The van der Waals surface area contributed by atoms with Crippen LogP contribution < -0.4 is 4.90 Å². The van der Waals surface area contributed by atoms with Crippen molar-refractivity contribution in [3.63, 3.8) is 0 Å². The summed E-state index contributed by atoms with van der Waals surface area (Å²) < 4.78 is 12.4. The molecular formula is C28H33ClN2O6. The van der Waals surface area contributed by atoms with E-state index in [2.05, 4.69) is 0 Å². The summed E-state index contributed by atoms with van der Waals surface area (Å²) in [6.07, 6.45) is 10.9. The van der Waals surface area contributed by atoms with Crippen LogP contribution in [0.4, 0.5) is 5.69 Å². The van der Waals surface area contributed by atoms with Crippen LogP contribution in [-0.4, -0.2) is 71.3 Å². The maximum atomic E-state index is 14.3. The number of likely N-dealkylation sites (tertiary alicyclic amines) is 1. The predicted molar refractivity (Wildman–Crippen MR) is 138 cm³/mol. The minimum atomic E-state index is -1.35. The van der Waals surface area contributed by atoms with Crippen molar-refractivity contribution < 1.29 is 29.0 Å². The van der Waals surface area contributed by atoms with Crippen LogP contribution >= 0.6 is 11.6 Å². The summed E-state index contributed by atoms with van der Waals surface area (Å²) in [7, 11) is 0. The highest BCUT2D eigenvalue weighted by atomic mass is 35.5. The van der Waals surface area contributed by atoms with Gasteiger partial charge in [-0.3, -0.25) is 14.4 Å². The summed E-state index contributed by atoms with van der Waals surface area (Å²) in [5.41, 5.74) is -1.92. The van der Waals surface area contributed by atoms with Crippen molar-refractivity contribution in [2.24, 2.45) is 11.8 Å². The van der Waals surface area contributed by atoms with Crippen molar-refractivity contribution in [3.8, 4) is 0 Å². The normalized spacial score (nSPS) is 34.5. The zero-order valence-corrected chi connectivity index (χ0v) is 21.7. The van der Waals surface area contributed by atoms with Gasteiger partial charge in [0.2, 0.25) is 5.91 Å². The van der Waals surface area contributed by atoms with Crippen LogP contribution in [0.15, 0.2) is 48.6 Å². The van der Waals surface area contributed by atoms with E-state index in [1.165, 1.54) is 4.90 Å². The number of aliphatic hydroxyl groups is 1. The first-order valence-corrected chi connectivity index (χ1v) is 13.4. The number of esters is 1. The average Bonchev–Trinajstić information content (AvgIpc) is 3.19. The lowest BCUT2D eigenvalue weighted by Crippen LogP contribution is -2.56. The summed E-state index contributed by atoms with van der Waals surface area (Å²) in [6, 6.07) is 6.10. The fraction of sp³-hybridized carbons (Fsp3) is 0.536. The van der Waals surface area contributed by atoms with Crippen LogP contribution in [-0.2, 0) is 23.9 Å². The molecule has 4 aliphatic rings. The number of carbonyl (C=O) groups is 3. The first-order valence-electron chi connectivity index (χ1n) is 13.0. The van der Waals surface area contributed by atoms with Gasteiger partial charge >= 0.3 is 5.97 Å². The van der Waals surface area contributed by atoms with Gasteiger partial charge in [-0.25, -0.2) is 0 Å². The Hall–Kier alpha value is -2.68. The van der Waals surface area contributed by atoms with Gasteiger partial charge in [0.25, 0.3) is 5.91 Å². The number of amides is 2. The molecule has 0 bridgehead atoms. The van der Waals surface area contributed by atoms with E-state index in [-0.39, 0.29) is 38.1 Å². The number of hydrogen-bond acceptors (Lipinski definition) is 6. The minimum Gasteiger partial charge on any atom is -0.465 e. The Morgan fingerprint density at radius 1 is 1.05 bits per heavy atom. The van der Waals surface area contributed by atoms with Crippen molar-refractivity contribution >= 4 is 35.1 Å². The van der Waals surface area contributed by atoms with Gasteiger partial charge in [0.05, 0.1) is 28.8 Å². The minimum absolute atomic E-state index is 0.0187. The zero-order chi connectivity index (χ0) is 26.2. The van der Waals surface area contributed by atoms with E-state index in [0.717, 1.165) is 19.3 Å². The second kappa shape index (κ2) is 10.2. The molecule has 5 atom stereocenters. The smallest absolute Gasteiger partial charge is 0.313 e. The van der Waals surface area contributed by atoms with Gasteiger partial charge in [-0.2, -0.15) is 0 Å². The first kappa shape index (κ1) is 25.9. The maximum Gasteiger partial charge on any atom is 0.313 e. The molecule has 37 heavy (non-hydrogen) atoms. The Kier molecular flexibility index (Phi) is 7.18. The molecule has 2 amide bonds. The van der Waals surface area contributed by atoms with Gasteiger partial charge in [-0.15, -0.1) is 0 Å². The molecular weight excluding hydrogens is 496 g/mol. The lowest BCUT2D eigenvalue weighted by Gasteiger charge is -2.37. The van der Waals surface area contributed by atoms with Crippen LogP contribution in [0.3, 0.4) is 0 Å². The lowest BCUT2D eigenvalue weighted by atomic mass is 9.74. The molecule has 1 aromatic rings. The average molecular weight is 529 g/mol. The molecule has 0 aliphatic carbocycles. The molecule has 1 N–H and O–H groups in total. The van der Waals surface area contributed by atoms with Gasteiger partial charge in [0.15, 0.2) is 0 Å². The Labute approximate surface area is 221 Å². The number of allylic oxidation sites excluding steroid dienone is 1. The number of ether oxygens (including phenoxy) is 2. The quantitative estimate of drug-likeness (QED) is 0.358. The van der Waals surface area contributed by atoms with Crippen molar-refractivity contribution in [1.29, 1.82) is 0 Å². The van der Waals surface area contributed by atoms with Crippen molar-refractivity contribution in [2.75, 3.05) is 31.2 Å². The lowest BCUT2D eigenvalue weighted by molar-refractivity contribution is -0.158. The number of halogens is 1. The Balaban J connectivity index is 1.63. The molecule has 2 saturated heterocycles. The standard InChI is InChI=1S/C28H33ClN2O6/c1-27-13-6-2-3-9-18-36-26(35)22(27)21-24(33)31(15-7-8-17-32)23-25(34)30(16-10-14-28(21,23)37-27)20-12-5-4-11-19(20)29/h4-6,10-14,21-23,32H,2-3,7-9,15-18H2,1H3/b13-6-/t21-,22+,23?,27-,28-/m0/s1. The first-order chi connectivity index (χ1) is 17.8. The second-order valence-electron chi connectivity index (χ2n) is 10.3. The third-order valence-corrected chi connectivity index (χ3v) is 8.27. The van der Waals surface area contributed by atoms with Gasteiger partial charge in [-0.1, -0.05) is 48.0 Å². The van der Waals surface area contributed by atoms with E-state index < -0.39 is 35.0 Å². The third kappa shape index (κ3) is 4.29. The van der Waals surface area contributed by atoms with Gasteiger partial charge in [-0.05, 0) is 51.2 Å². The number of aliphatic hydroxyl groups excluding tert-OH is 1. The summed E-state index contributed by atoms with van der Waals surface area (Å²) in [5.74, 6) is -2.92. The number of unbranched alkanes of at least 4 members (excludes halogenated alkanes) is 1.